The first-order valence-electron chi connectivity index (χ1n) is 8.88. The number of carbonyl (C=O) groups is 1. The van der Waals surface area contributed by atoms with Crippen molar-refractivity contribution < 1.29 is 14.6 Å². The molecule has 1 saturated carbocycles. The highest BCUT2D eigenvalue weighted by molar-refractivity contribution is 6.02. The van der Waals surface area contributed by atoms with Gasteiger partial charge in [0.05, 0.1) is 12.5 Å². The molecular formula is C19H21N5O3. The number of carboxylic acid groups (broad SMARTS) is 1. The van der Waals surface area contributed by atoms with Crippen molar-refractivity contribution in [1.29, 1.82) is 0 Å². The summed E-state index contributed by atoms with van der Waals surface area (Å²) in [5.41, 5.74) is 9.15. The van der Waals surface area contributed by atoms with Gasteiger partial charge in [0.25, 0.3) is 0 Å². The maximum absolute atomic E-state index is 10.9. The van der Waals surface area contributed by atoms with Crippen LogP contribution in [0.25, 0.3) is 22.2 Å². The third kappa shape index (κ3) is 3.03. The zero-order chi connectivity index (χ0) is 19.0. The lowest BCUT2D eigenvalue weighted by Gasteiger charge is -2.12. The summed E-state index contributed by atoms with van der Waals surface area (Å²) in [5, 5.41) is 12.1. The molecule has 1 amide bonds. The first-order chi connectivity index (χ1) is 13.1. The van der Waals surface area contributed by atoms with E-state index in [1.165, 1.54) is 19.2 Å². The molecule has 27 heavy (non-hydrogen) atoms. The summed E-state index contributed by atoms with van der Waals surface area (Å²) in [6, 6.07) is 5.58. The Bertz CT molecular complexity index is 1010. The van der Waals surface area contributed by atoms with E-state index in [9.17, 15) is 4.79 Å². The Balaban J connectivity index is 1.90. The van der Waals surface area contributed by atoms with Gasteiger partial charge in [-0.25, -0.2) is 14.8 Å². The highest BCUT2D eigenvalue weighted by Crippen LogP contribution is 2.42. The van der Waals surface area contributed by atoms with Gasteiger partial charge in [0.2, 0.25) is 0 Å². The zero-order valence-corrected chi connectivity index (χ0v) is 15.0. The lowest BCUT2D eigenvalue weighted by Crippen LogP contribution is -2.07. The van der Waals surface area contributed by atoms with Gasteiger partial charge >= 0.3 is 6.09 Å². The fraction of sp³-hybridized carbons (Fsp3) is 0.316. The normalized spacial score (nSPS) is 14.6. The minimum absolute atomic E-state index is 0.398. The number of nitrogens with one attached hydrogen (secondary N) is 1. The Labute approximate surface area is 156 Å². The van der Waals surface area contributed by atoms with Crippen LogP contribution >= 0.6 is 0 Å². The molecule has 0 saturated heterocycles. The van der Waals surface area contributed by atoms with Crippen molar-refractivity contribution in [1.82, 2.24) is 14.5 Å². The first kappa shape index (κ1) is 17.1. The molecule has 0 atom stereocenters. The van der Waals surface area contributed by atoms with Crippen molar-refractivity contribution in [2.75, 3.05) is 18.2 Å². The van der Waals surface area contributed by atoms with Gasteiger partial charge in [-0.05, 0) is 25.0 Å². The van der Waals surface area contributed by atoms with Crippen LogP contribution in [0, 0.1) is 0 Å². The second kappa shape index (κ2) is 6.79. The number of nitrogens with zero attached hydrogens (tertiary/aromatic N) is 3. The number of rotatable bonds is 4. The van der Waals surface area contributed by atoms with Crippen molar-refractivity contribution >= 4 is 28.6 Å². The second-order valence-electron chi connectivity index (χ2n) is 6.69. The fourth-order valence-corrected chi connectivity index (χ4v) is 3.89. The van der Waals surface area contributed by atoms with E-state index in [1.807, 2.05) is 6.07 Å². The van der Waals surface area contributed by atoms with Crippen LogP contribution in [0.3, 0.4) is 0 Å². The molecule has 2 aromatic heterocycles. The molecule has 8 heteroatoms. The quantitative estimate of drug-likeness (QED) is 0.644. The molecule has 0 spiro atoms. The topological polar surface area (TPSA) is 115 Å². The number of hydrogen-bond acceptors (Lipinski definition) is 5. The third-order valence-electron chi connectivity index (χ3n) is 5.10. The van der Waals surface area contributed by atoms with Crippen molar-refractivity contribution in [3.63, 3.8) is 0 Å². The molecule has 2 heterocycles. The number of fused-ring (bicyclic) bond motifs is 1. The molecule has 0 unspecified atom stereocenters. The standard InChI is InChI=1S/C19H21N5O3/c1-27-15-8-11(23-19(25)26)6-7-13(15)14-9-24(12-4-2-3-5-12)18-16(14)17(20)21-10-22-18/h6-10,12,23H,2-5H2,1H3,(H,25,26)(H2,20,21,22). The van der Waals surface area contributed by atoms with E-state index >= 15 is 0 Å². The molecule has 0 aliphatic heterocycles. The lowest BCUT2D eigenvalue weighted by molar-refractivity contribution is 0.209. The largest absolute Gasteiger partial charge is 0.496 e. The van der Waals surface area contributed by atoms with Crippen LogP contribution < -0.4 is 15.8 Å². The minimum Gasteiger partial charge on any atom is -0.496 e. The number of methoxy groups -OCH3 is 1. The predicted molar refractivity (Wildman–Crippen MR) is 103 cm³/mol. The molecule has 4 N–H and O–H groups in total. The lowest BCUT2D eigenvalue weighted by atomic mass is 10.0. The second-order valence-corrected chi connectivity index (χ2v) is 6.69. The van der Waals surface area contributed by atoms with Crippen LogP contribution in [0.4, 0.5) is 16.3 Å². The van der Waals surface area contributed by atoms with E-state index in [0.29, 0.717) is 23.3 Å². The summed E-state index contributed by atoms with van der Waals surface area (Å²) in [7, 11) is 1.55. The monoisotopic (exact) mass is 367 g/mol. The summed E-state index contributed by atoms with van der Waals surface area (Å²) in [6.45, 7) is 0. The Morgan fingerprint density at radius 2 is 2.07 bits per heavy atom. The fourth-order valence-electron chi connectivity index (χ4n) is 3.89. The number of ether oxygens (including phenoxy) is 1. The third-order valence-corrected chi connectivity index (χ3v) is 5.10. The Hall–Kier alpha value is -3.29. The molecule has 140 valence electrons. The Morgan fingerprint density at radius 3 is 2.78 bits per heavy atom. The average Bonchev–Trinajstić information content (AvgIpc) is 3.29. The van der Waals surface area contributed by atoms with Gasteiger partial charge in [-0.15, -0.1) is 0 Å². The maximum atomic E-state index is 10.9. The number of nitrogens with two attached hydrogens (primary N) is 1. The smallest absolute Gasteiger partial charge is 0.409 e. The van der Waals surface area contributed by atoms with Crippen molar-refractivity contribution in [3.8, 4) is 16.9 Å². The van der Waals surface area contributed by atoms with Crippen LogP contribution in [-0.2, 0) is 0 Å². The van der Waals surface area contributed by atoms with Gasteiger partial charge in [0, 0.05) is 35.1 Å². The Kier molecular flexibility index (Phi) is 4.31. The van der Waals surface area contributed by atoms with Crippen molar-refractivity contribution in [2.24, 2.45) is 0 Å². The highest BCUT2D eigenvalue weighted by Gasteiger charge is 2.24. The summed E-state index contributed by atoms with van der Waals surface area (Å²) >= 11 is 0. The summed E-state index contributed by atoms with van der Waals surface area (Å²) in [5.74, 6) is 0.969. The van der Waals surface area contributed by atoms with Crippen LogP contribution in [-0.4, -0.2) is 32.8 Å². The average molecular weight is 367 g/mol. The van der Waals surface area contributed by atoms with E-state index in [-0.39, 0.29) is 0 Å². The highest BCUT2D eigenvalue weighted by atomic mass is 16.5. The van der Waals surface area contributed by atoms with Crippen molar-refractivity contribution in [2.45, 2.75) is 31.7 Å². The SMILES string of the molecule is COc1cc(NC(=O)O)ccc1-c1cn(C2CCCC2)c2ncnc(N)c12. The first-order valence-corrected chi connectivity index (χ1v) is 8.88. The molecule has 3 aromatic rings. The summed E-state index contributed by atoms with van der Waals surface area (Å²) in [4.78, 5) is 19.6. The molecular weight excluding hydrogens is 346 g/mol. The van der Waals surface area contributed by atoms with Crippen LogP contribution in [0.5, 0.6) is 5.75 Å². The minimum atomic E-state index is -1.12. The predicted octanol–water partition coefficient (Wildman–Crippen LogP) is 3.89. The summed E-state index contributed by atoms with van der Waals surface area (Å²) in [6.07, 6.45) is 7.08. The van der Waals surface area contributed by atoms with Crippen LogP contribution in [0.1, 0.15) is 31.7 Å². The van der Waals surface area contributed by atoms with E-state index in [2.05, 4.69) is 26.0 Å². The molecule has 8 nitrogen and oxygen atoms in total. The number of benzene rings is 1. The van der Waals surface area contributed by atoms with Crippen LogP contribution in [0.15, 0.2) is 30.7 Å². The van der Waals surface area contributed by atoms with Gasteiger partial charge < -0.3 is 20.1 Å². The molecule has 1 aliphatic rings. The summed E-state index contributed by atoms with van der Waals surface area (Å²) < 4.78 is 7.71. The molecule has 4 rings (SSSR count). The van der Waals surface area contributed by atoms with E-state index in [0.717, 1.165) is 35.0 Å². The molecule has 1 aromatic carbocycles. The van der Waals surface area contributed by atoms with Gasteiger partial charge in [0.1, 0.15) is 23.5 Å². The van der Waals surface area contributed by atoms with Gasteiger partial charge in [0.15, 0.2) is 0 Å². The van der Waals surface area contributed by atoms with Crippen molar-refractivity contribution in [3.05, 3.63) is 30.7 Å². The molecule has 1 aliphatic carbocycles. The number of aromatic nitrogens is 3. The molecule has 1 fully saturated rings. The van der Waals surface area contributed by atoms with E-state index in [4.69, 9.17) is 15.6 Å². The van der Waals surface area contributed by atoms with Gasteiger partial charge in [-0.2, -0.15) is 0 Å². The Morgan fingerprint density at radius 1 is 1.30 bits per heavy atom. The zero-order valence-electron chi connectivity index (χ0n) is 15.0. The maximum Gasteiger partial charge on any atom is 0.409 e. The number of anilines is 2. The van der Waals surface area contributed by atoms with Gasteiger partial charge in [-0.1, -0.05) is 12.8 Å². The molecule has 0 bridgehead atoms. The van der Waals surface area contributed by atoms with Gasteiger partial charge in [-0.3, -0.25) is 5.32 Å². The number of hydrogen-bond donors (Lipinski definition) is 3. The van der Waals surface area contributed by atoms with Crippen LogP contribution in [0.2, 0.25) is 0 Å². The number of nitrogen functional groups attached to an aromatic ring is 1. The number of amides is 1. The van der Waals surface area contributed by atoms with E-state index in [1.54, 1.807) is 19.2 Å². The molecule has 0 radical (unpaired) electrons. The van der Waals surface area contributed by atoms with E-state index < -0.39 is 6.09 Å².